The fourth-order valence-electron chi connectivity index (χ4n) is 2.67. The van der Waals surface area contributed by atoms with Gasteiger partial charge in [0.2, 0.25) is 5.91 Å². The van der Waals surface area contributed by atoms with Crippen molar-refractivity contribution in [2.24, 2.45) is 0 Å². The smallest absolute Gasteiger partial charge is 0.224 e. The molecule has 18 heavy (non-hydrogen) atoms. The van der Waals surface area contributed by atoms with Crippen LogP contribution in [-0.4, -0.2) is 16.6 Å². The second kappa shape index (κ2) is 5.42. The van der Waals surface area contributed by atoms with E-state index in [1.165, 1.54) is 19.3 Å². The second-order valence-electron chi connectivity index (χ2n) is 5.47. The molecule has 2 rings (SSSR count). The number of amides is 1. The minimum atomic E-state index is -0.0558. The van der Waals surface area contributed by atoms with Gasteiger partial charge in [-0.15, -0.1) is 0 Å². The van der Waals surface area contributed by atoms with Crippen molar-refractivity contribution < 1.29 is 9.90 Å². The lowest BCUT2D eigenvalue weighted by Crippen LogP contribution is -2.47. The molecular formula is C15H21NO2. The number of hydrogen-bond donors (Lipinski definition) is 2. The van der Waals surface area contributed by atoms with Crippen molar-refractivity contribution in [1.29, 1.82) is 0 Å². The van der Waals surface area contributed by atoms with E-state index >= 15 is 0 Å². The summed E-state index contributed by atoms with van der Waals surface area (Å²) in [7, 11) is 0. The van der Waals surface area contributed by atoms with Gasteiger partial charge >= 0.3 is 0 Å². The summed E-state index contributed by atoms with van der Waals surface area (Å²) in [4.78, 5) is 12.0. The van der Waals surface area contributed by atoms with Gasteiger partial charge in [-0.3, -0.25) is 4.79 Å². The number of carbonyl (C=O) groups is 1. The standard InChI is InChI=1S/C15H21NO2/c1-15(9-5-2-6-10-15)16-14(18)11-12-7-3-4-8-13(12)17/h3-4,7-8,17H,2,5-6,9-11H2,1H3,(H,16,18). The van der Waals surface area contributed by atoms with E-state index < -0.39 is 0 Å². The lowest BCUT2D eigenvalue weighted by molar-refractivity contribution is -0.122. The number of aromatic hydroxyl groups is 1. The molecule has 0 aromatic heterocycles. The summed E-state index contributed by atoms with van der Waals surface area (Å²) < 4.78 is 0. The molecule has 0 bridgehead atoms. The van der Waals surface area contributed by atoms with Crippen LogP contribution in [0.15, 0.2) is 24.3 Å². The Bertz CT molecular complexity index is 422. The highest BCUT2D eigenvalue weighted by molar-refractivity contribution is 5.80. The van der Waals surface area contributed by atoms with Crippen LogP contribution in [-0.2, 0) is 11.2 Å². The highest BCUT2D eigenvalue weighted by Gasteiger charge is 2.28. The van der Waals surface area contributed by atoms with Gasteiger partial charge in [0.15, 0.2) is 0 Å². The first kappa shape index (κ1) is 12.9. The number of nitrogens with one attached hydrogen (secondary N) is 1. The summed E-state index contributed by atoms with van der Waals surface area (Å²) in [6.07, 6.45) is 6.01. The Kier molecular flexibility index (Phi) is 3.90. The highest BCUT2D eigenvalue weighted by atomic mass is 16.3. The van der Waals surface area contributed by atoms with Crippen LogP contribution in [0, 0.1) is 0 Å². The van der Waals surface area contributed by atoms with Gasteiger partial charge in [-0.1, -0.05) is 37.5 Å². The van der Waals surface area contributed by atoms with E-state index in [4.69, 9.17) is 0 Å². The molecule has 0 atom stereocenters. The van der Waals surface area contributed by atoms with Gasteiger partial charge in [-0.05, 0) is 25.8 Å². The highest BCUT2D eigenvalue weighted by Crippen LogP contribution is 2.27. The van der Waals surface area contributed by atoms with Crippen LogP contribution in [0.4, 0.5) is 0 Å². The van der Waals surface area contributed by atoms with Crippen LogP contribution in [0.1, 0.15) is 44.6 Å². The summed E-state index contributed by atoms with van der Waals surface area (Å²) in [5, 5.41) is 12.8. The van der Waals surface area contributed by atoms with Gasteiger partial charge in [-0.25, -0.2) is 0 Å². The second-order valence-corrected chi connectivity index (χ2v) is 5.47. The van der Waals surface area contributed by atoms with Crippen LogP contribution < -0.4 is 5.32 Å². The molecule has 98 valence electrons. The van der Waals surface area contributed by atoms with Crippen molar-refractivity contribution in [3.8, 4) is 5.75 Å². The summed E-state index contributed by atoms with van der Waals surface area (Å²) in [6, 6.07) is 7.01. The predicted octanol–water partition coefficient (Wildman–Crippen LogP) is 2.77. The molecule has 2 N–H and O–H groups in total. The van der Waals surface area contributed by atoms with Gasteiger partial charge in [0, 0.05) is 11.1 Å². The Morgan fingerprint density at radius 2 is 1.94 bits per heavy atom. The average molecular weight is 247 g/mol. The van der Waals surface area contributed by atoms with Crippen LogP contribution >= 0.6 is 0 Å². The first-order valence-corrected chi connectivity index (χ1v) is 6.67. The van der Waals surface area contributed by atoms with E-state index in [2.05, 4.69) is 12.2 Å². The van der Waals surface area contributed by atoms with Gasteiger partial charge in [0.1, 0.15) is 5.75 Å². The Balaban J connectivity index is 1.94. The zero-order valence-corrected chi connectivity index (χ0v) is 10.9. The fraction of sp³-hybridized carbons (Fsp3) is 0.533. The summed E-state index contributed by atoms with van der Waals surface area (Å²) >= 11 is 0. The third kappa shape index (κ3) is 3.25. The molecule has 1 aliphatic rings. The van der Waals surface area contributed by atoms with Crippen LogP contribution in [0.25, 0.3) is 0 Å². The van der Waals surface area contributed by atoms with E-state index in [9.17, 15) is 9.90 Å². The maximum Gasteiger partial charge on any atom is 0.224 e. The summed E-state index contributed by atoms with van der Waals surface area (Å²) in [5.41, 5.74) is 0.633. The molecule has 0 heterocycles. The van der Waals surface area contributed by atoms with Crippen molar-refractivity contribution in [3.63, 3.8) is 0 Å². The van der Waals surface area contributed by atoms with E-state index in [0.29, 0.717) is 5.56 Å². The number of hydrogen-bond acceptors (Lipinski definition) is 2. The maximum atomic E-state index is 12.0. The van der Waals surface area contributed by atoms with Crippen molar-refractivity contribution in [2.45, 2.75) is 51.0 Å². The number of carbonyl (C=O) groups excluding carboxylic acids is 1. The van der Waals surface area contributed by atoms with E-state index in [0.717, 1.165) is 12.8 Å². The minimum Gasteiger partial charge on any atom is -0.508 e. The summed E-state index contributed by atoms with van der Waals surface area (Å²) in [6.45, 7) is 2.12. The molecule has 0 aliphatic heterocycles. The number of para-hydroxylation sites is 1. The average Bonchev–Trinajstić information content (AvgIpc) is 2.32. The van der Waals surface area contributed by atoms with Gasteiger partial charge in [0.05, 0.1) is 6.42 Å². The molecule has 1 amide bonds. The Hall–Kier alpha value is -1.51. The normalized spacial score (nSPS) is 18.3. The van der Waals surface area contributed by atoms with Crippen molar-refractivity contribution in [2.75, 3.05) is 0 Å². The first-order valence-electron chi connectivity index (χ1n) is 6.67. The molecule has 1 aliphatic carbocycles. The Morgan fingerprint density at radius 1 is 1.28 bits per heavy atom. The number of rotatable bonds is 3. The minimum absolute atomic E-state index is 0.000833. The fourth-order valence-corrected chi connectivity index (χ4v) is 2.67. The molecule has 0 unspecified atom stereocenters. The third-order valence-electron chi connectivity index (χ3n) is 3.74. The van der Waals surface area contributed by atoms with Crippen LogP contribution in [0.3, 0.4) is 0 Å². The molecule has 0 spiro atoms. The quantitative estimate of drug-likeness (QED) is 0.863. The monoisotopic (exact) mass is 247 g/mol. The molecule has 0 radical (unpaired) electrons. The zero-order chi connectivity index (χ0) is 13.0. The lowest BCUT2D eigenvalue weighted by atomic mass is 9.83. The van der Waals surface area contributed by atoms with Gasteiger partial charge < -0.3 is 10.4 Å². The van der Waals surface area contributed by atoms with Crippen molar-refractivity contribution in [3.05, 3.63) is 29.8 Å². The van der Waals surface area contributed by atoms with E-state index in [1.807, 2.05) is 6.07 Å². The molecule has 3 heteroatoms. The first-order chi connectivity index (χ1) is 8.59. The molecule has 0 saturated heterocycles. The van der Waals surface area contributed by atoms with Crippen LogP contribution in [0.2, 0.25) is 0 Å². The maximum absolute atomic E-state index is 12.0. The van der Waals surface area contributed by atoms with Crippen LogP contribution in [0.5, 0.6) is 5.75 Å². The molecule has 3 nitrogen and oxygen atoms in total. The largest absolute Gasteiger partial charge is 0.508 e. The molecular weight excluding hydrogens is 226 g/mol. The van der Waals surface area contributed by atoms with Crippen molar-refractivity contribution in [1.82, 2.24) is 5.32 Å². The van der Waals surface area contributed by atoms with E-state index in [-0.39, 0.29) is 23.6 Å². The molecule has 1 aromatic rings. The SMILES string of the molecule is CC1(NC(=O)Cc2ccccc2O)CCCCC1. The molecule has 1 aromatic carbocycles. The Morgan fingerprint density at radius 3 is 2.61 bits per heavy atom. The molecule has 1 fully saturated rings. The number of phenolic OH excluding ortho intramolecular Hbond substituents is 1. The van der Waals surface area contributed by atoms with E-state index in [1.54, 1.807) is 18.2 Å². The summed E-state index contributed by atoms with van der Waals surface area (Å²) in [5.74, 6) is 0.197. The van der Waals surface area contributed by atoms with Gasteiger partial charge in [-0.2, -0.15) is 0 Å². The number of phenols is 1. The topological polar surface area (TPSA) is 49.3 Å². The Labute approximate surface area is 108 Å². The van der Waals surface area contributed by atoms with Gasteiger partial charge in [0.25, 0.3) is 0 Å². The third-order valence-corrected chi connectivity index (χ3v) is 3.74. The lowest BCUT2D eigenvalue weighted by Gasteiger charge is -2.34. The molecule has 1 saturated carbocycles. The number of benzene rings is 1. The van der Waals surface area contributed by atoms with Crippen molar-refractivity contribution >= 4 is 5.91 Å². The zero-order valence-electron chi connectivity index (χ0n) is 10.9. The predicted molar refractivity (Wildman–Crippen MR) is 71.4 cm³/mol.